The first-order chi connectivity index (χ1) is 10.7. The van der Waals surface area contributed by atoms with E-state index in [1.165, 1.54) is 12.1 Å². The Labute approximate surface area is 133 Å². The molecule has 0 atom stereocenters. The molecule has 0 aliphatic carbocycles. The second-order valence-corrected chi connectivity index (χ2v) is 5.60. The first kappa shape index (κ1) is 15.6. The van der Waals surface area contributed by atoms with Gasteiger partial charge in [-0.05, 0) is 25.1 Å². The topological polar surface area (TPSA) is 50.7 Å². The van der Waals surface area contributed by atoms with E-state index in [4.69, 9.17) is 11.6 Å². The van der Waals surface area contributed by atoms with E-state index in [-0.39, 0.29) is 16.9 Å². The summed E-state index contributed by atoms with van der Waals surface area (Å²) in [6.07, 6.45) is -4.54. The van der Waals surface area contributed by atoms with Crippen LogP contribution in [0.1, 0.15) is 5.69 Å². The lowest BCUT2D eigenvalue weighted by Crippen LogP contribution is -2.30. The molecule has 0 unspecified atom stereocenters. The first-order valence-electron chi connectivity index (χ1n) is 6.67. The van der Waals surface area contributed by atoms with E-state index in [0.29, 0.717) is 20.8 Å². The fourth-order valence-corrected chi connectivity index (χ4v) is 2.60. The Balaban J connectivity index is 2.33. The molecule has 120 valence electrons. The molecule has 3 rings (SSSR count). The normalized spacial score (nSPS) is 12.0. The Kier molecular flexibility index (Phi) is 3.68. The third-order valence-corrected chi connectivity index (χ3v) is 3.54. The number of benzene rings is 1. The standard InChI is InChI=1S/C15H11ClF3N3O/c1-8-5-11-12(20-8)21-13(9-3-2-4-10(16)6-9)22(14(11)23)7-15(17,18)19/h2-6,20H,7H2,1H3. The number of alkyl halides is 3. The van der Waals surface area contributed by atoms with Crippen molar-refractivity contribution < 1.29 is 13.2 Å². The van der Waals surface area contributed by atoms with Gasteiger partial charge in [0, 0.05) is 16.3 Å². The molecule has 0 radical (unpaired) electrons. The molecular weight excluding hydrogens is 331 g/mol. The lowest BCUT2D eigenvalue weighted by Gasteiger charge is -2.14. The summed E-state index contributed by atoms with van der Waals surface area (Å²) in [6.45, 7) is 0.287. The van der Waals surface area contributed by atoms with Gasteiger partial charge in [0.25, 0.3) is 5.56 Å². The van der Waals surface area contributed by atoms with Crippen LogP contribution in [0.15, 0.2) is 35.1 Å². The maximum absolute atomic E-state index is 12.9. The number of aromatic nitrogens is 3. The Morgan fingerprint density at radius 3 is 2.70 bits per heavy atom. The number of fused-ring (bicyclic) bond motifs is 1. The number of nitrogens with one attached hydrogen (secondary N) is 1. The van der Waals surface area contributed by atoms with E-state index in [9.17, 15) is 18.0 Å². The highest BCUT2D eigenvalue weighted by Gasteiger charge is 2.31. The summed E-state index contributed by atoms with van der Waals surface area (Å²) in [4.78, 5) is 19.5. The summed E-state index contributed by atoms with van der Waals surface area (Å²) in [5.41, 5.74) is 0.493. The van der Waals surface area contributed by atoms with Gasteiger partial charge in [0.15, 0.2) is 0 Å². The van der Waals surface area contributed by atoms with E-state index in [2.05, 4.69) is 9.97 Å². The highest BCUT2D eigenvalue weighted by atomic mass is 35.5. The molecule has 0 saturated carbocycles. The van der Waals surface area contributed by atoms with Gasteiger partial charge in [-0.25, -0.2) is 4.98 Å². The lowest BCUT2D eigenvalue weighted by atomic mass is 10.2. The monoisotopic (exact) mass is 341 g/mol. The molecule has 0 saturated heterocycles. The average molecular weight is 342 g/mol. The first-order valence-corrected chi connectivity index (χ1v) is 7.05. The van der Waals surface area contributed by atoms with Crippen LogP contribution in [0.4, 0.5) is 13.2 Å². The summed E-state index contributed by atoms with van der Waals surface area (Å²) in [5, 5.41) is 0.468. The van der Waals surface area contributed by atoms with Crippen molar-refractivity contribution >= 4 is 22.6 Å². The second kappa shape index (κ2) is 5.42. The summed E-state index contributed by atoms with van der Waals surface area (Å²) < 4.78 is 39.3. The minimum absolute atomic E-state index is 0.0795. The van der Waals surface area contributed by atoms with Crippen LogP contribution in [0.25, 0.3) is 22.4 Å². The van der Waals surface area contributed by atoms with Crippen LogP contribution < -0.4 is 5.56 Å². The van der Waals surface area contributed by atoms with Crippen molar-refractivity contribution in [3.8, 4) is 11.4 Å². The molecule has 2 heterocycles. The number of rotatable bonds is 2. The zero-order valence-corrected chi connectivity index (χ0v) is 12.7. The molecule has 23 heavy (non-hydrogen) atoms. The highest BCUT2D eigenvalue weighted by molar-refractivity contribution is 6.30. The van der Waals surface area contributed by atoms with Gasteiger partial charge in [0.05, 0.1) is 5.39 Å². The van der Waals surface area contributed by atoms with Crippen molar-refractivity contribution in [2.24, 2.45) is 0 Å². The number of aromatic amines is 1. The molecule has 0 spiro atoms. The third kappa shape index (κ3) is 3.10. The van der Waals surface area contributed by atoms with Gasteiger partial charge in [0.1, 0.15) is 18.0 Å². The highest BCUT2D eigenvalue weighted by Crippen LogP contribution is 2.25. The molecule has 2 aromatic heterocycles. The smallest absolute Gasteiger partial charge is 0.343 e. The fourth-order valence-electron chi connectivity index (χ4n) is 2.41. The van der Waals surface area contributed by atoms with E-state index in [1.807, 2.05) is 0 Å². The van der Waals surface area contributed by atoms with Gasteiger partial charge in [-0.15, -0.1) is 0 Å². The Morgan fingerprint density at radius 2 is 2.04 bits per heavy atom. The molecule has 1 aromatic carbocycles. The number of hydrogen-bond donors (Lipinski definition) is 1. The van der Waals surface area contributed by atoms with Crippen LogP contribution >= 0.6 is 11.6 Å². The Bertz CT molecular complexity index is 943. The van der Waals surface area contributed by atoms with E-state index < -0.39 is 18.3 Å². The van der Waals surface area contributed by atoms with Crippen molar-refractivity contribution in [2.45, 2.75) is 19.6 Å². The van der Waals surface area contributed by atoms with Crippen LogP contribution in [0.2, 0.25) is 5.02 Å². The van der Waals surface area contributed by atoms with Gasteiger partial charge >= 0.3 is 6.18 Å². The predicted molar refractivity (Wildman–Crippen MR) is 81.6 cm³/mol. The van der Waals surface area contributed by atoms with Crippen LogP contribution in [0.5, 0.6) is 0 Å². The fraction of sp³-hybridized carbons (Fsp3) is 0.200. The number of aryl methyl sites for hydroxylation is 1. The summed E-state index contributed by atoms with van der Waals surface area (Å²) >= 11 is 5.90. The molecule has 4 nitrogen and oxygen atoms in total. The number of hydrogen-bond acceptors (Lipinski definition) is 2. The van der Waals surface area contributed by atoms with Crippen LogP contribution in [0, 0.1) is 6.92 Å². The van der Waals surface area contributed by atoms with Crippen LogP contribution in [-0.4, -0.2) is 20.7 Å². The second-order valence-electron chi connectivity index (χ2n) is 5.17. The quantitative estimate of drug-likeness (QED) is 0.768. The molecule has 1 N–H and O–H groups in total. The van der Waals surface area contributed by atoms with E-state index in [0.717, 1.165) is 0 Å². The zero-order valence-electron chi connectivity index (χ0n) is 11.9. The molecule has 3 aromatic rings. The largest absolute Gasteiger partial charge is 0.406 e. The molecule has 0 bridgehead atoms. The molecule has 0 aliphatic heterocycles. The number of halogens is 4. The zero-order chi connectivity index (χ0) is 16.8. The Hall–Kier alpha value is -2.28. The molecule has 0 amide bonds. The number of H-pyrrole nitrogens is 1. The van der Waals surface area contributed by atoms with Crippen molar-refractivity contribution in [1.29, 1.82) is 0 Å². The van der Waals surface area contributed by atoms with Crippen LogP contribution in [-0.2, 0) is 6.54 Å². The van der Waals surface area contributed by atoms with Crippen LogP contribution in [0.3, 0.4) is 0 Å². The van der Waals surface area contributed by atoms with Crippen molar-refractivity contribution in [2.75, 3.05) is 0 Å². The maximum Gasteiger partial charge on any atom is 0.406 e. The summed E-state index contributed by atoms with van der Waals surface area (Å²) in [7, 11) is 0. The van der Waals surface area contributed by atoms with E-state index >= 15 is 0 Å². The molecule has 0 fully saturated rings. The SMILES string of the molecule is Cc1cc2c(=O)n(CC(F)(F)F)c(-c3cccc(Cl)c3)nc2[nH]1. The molecule has 8 heteroatoms. The minimum Gasteiger partial charge on any atom is -0.343 e. The van der Waals surface area contributed by atoms with Gasteiger partial charge < -0.3 is 4.98 Å². The molecule has 0 aliphatic rings. The van der Waals surface area contributed by atoms with E-state index in [1.54, 1.807) is 25.1 Å². The van der Waals surface area contributed by atoms with Gasteiger partial charge in [0.2, 0.25) is 0 Å². The summed E-state index contributed by atoms with van der Waals surface area (Å²) in [6, 6.07) is 7.69. The van der Waals surface area contributed by atoms with Crippen molar-refractivity contribution in [3.63, 3.8) is 0 Å². The number of nitrogens with zero attached hydrogens (tertiary/aromatic N) is 2. The minimum atomic E-state index is -4.54. The summed E-state index contributed by atoms with van der Waals surface area (Å²) in [5.74, 6) is -0.0795. The third-order valence-electron chi connectivity index (χ3n) is 3.30. The van der Waals surface area contributed by atoms with Crippen molar-refractivity contribution in [3.05, 3.63) is 51.4 Å². The maximum atomic E-state index is 12.9. The lowest BCUT2D eigenvalue weighted by molar-refractivity contribution is -0.140. The van der Waals surface area contributed by atoms with Crippen molar-refractivity contribution in [1.82, 2.24) is 14.5 Å². The average Bonchev–Trinajstić information content (AvgIpc) is 2.81. The van der Waals surface area contributed by atoms with Gasteiger partial charge in [-0.1, -0.05) is 23.7 Å². The van der Waals surface area contributed by atoms with Gasteiger partial charge in [-0.2, -0.15) is 13.2 Å². The predicted octanol–water partition coefficient (Wildman–Crippen LogP) is 3.92. The molecular formula is C15H11ClF3N3O. The Morgan fingerprint density at radius 1 is 1.30 bits per heavy atom. The van der Waals surface area contributed by atoms with Gasteiger partial charge in [-0.3, -0.25) is 9.36 Å².